The Hall–Kier alpha value is -2.66. The largest absolute Gasteiger partial charge is 0.386 e. The van der Waals surface area contributed by atoms with Gasteiger partial charge in [0.05, 0.1) is 36.1 Å². The highest BCUT2D eigenvalue weighted by molar-refractivity contribution is 5.69. The summed E-state index contributed by atoms with van der Waals surface area (Å²) >= 11 is 0. The zero-order valence-corrected chi connectivity index (χ0v) is 13.0. The van der Waals surface area contributed by atoms with Crippen LogP contribution >= 0.6 is 0 Å². The van der Waals surface area contributed by atoms with Gasteiger partial charge in [-0.2, -0.15) is 0 Å². The van der Waals surface area contributed by atoms with Crippen molar-refractivity contribution in [3.8, 4) is 11.3 Å². The zero-order chi connectivity index (χ0) is 16.3. The summed E-state index contributed by atoms with van der Waals surface area (Å²) in [6.07, 6.45) is 3.82. The molecule has 3 aromatic rings. The normalized spacial score (nSPS) is 24.3. The first-order chi connectivity index (χ1) is 11.8. The molecule has 0 aliphatic carbocycles. The first kappa shape index (κ1) is 13.7. The number of aliphatic hydroxyl groups is 1. The molecular formula is C19H17N3O2. The van der Waals surface area contributed by atoms with E-state index in [4.69, 9.17) is 0 Å². The van der Waals surface area contributed by atoms with Crippen molar-refractivity contribution in [2.75, 3.05) is 0 Å². The molecule has 4 heterocycles. The molecule has 0 radical (unpaired) electrons. The van der Waals surface area contributed by atoms with Gasteiger partial charge in [-0.3, -0.25) is 4.79 Å². The first-order valence-electron chi connectivity index (χ1n) is 8.24. The van der Waals surface area contributed by atoms with Gasteiger partial charge in [0.2, 0.25) is 0 Å². The van der Waals surface area contributed by atoms with E-state index < -0.39 is 6.10 Å². The molecule has 0 saturated carbocycles. The van der Waals surface area contributed by atoms with Crippen LogP contribution in [0.25, 0.3) is 11.3 Å². The van der Waals surface area contributed by atoms with Crippen molar-refractivity contribution in [2.24, 2.45) is 5.92 Å². The number of nitrogens with zero attached hydrogens (tertiary/aromatic N) is 3. The molecule has 5 rings (SSSR count). The summed E-state index contributed by atoms with van der Waals surface area (Å²) in [6, 6.07) is 13.5. The average Bonchev–Trinajstić information content (AvgIpc) is 3.17. The summed E-state index contributed by atoms with van der Waals surface area (Å²) in [7, 11) is 0. The Morgan fingerprint density at radius 2 is 2.00 bits per heavy atom. The first-order valence-corrected chi connectivity index (χ1v) is 8.24. The molecule has 2 aliphatic heterocycles. The smallest absolute Gasteiger partial charge is 0.250 e. The summed E-state index contributed by atoms with van der Waals surface area (Å²) in [6.45, 7) is 0.638. The van der Waals surface area contributed by atoms with E-state index >= 15 is 0 Å². The van der Waals surface area contributed by atoms with Gasteiger partial charge < -0.3 is 14.2 Å². The highest BCUT2D eigenvalue weighted by Crippen LogP contribution is 2.48. The maximum absolute atomic E-state index is 12.0. The number of fused-ring (bicyclic) bond motifs is 4. The van der Waals surface area contributed by atoms with Crippen LogP contribution in [0, 0.1) is 5.92 Å². The van der Waals surface area contributed by atoms with Crippen molar-refractivity contribution in [1.82, 2.24) is 14.1 Å². The van der Waals surface area contributed by atoms with Gasteiger partial charge >= 0.3 is 0 Å². The van der Waals surface area contributed by atoms with Gasteiger partial charge in [0.25, 0.3) is 5.56 Å². The van der Waals surface area contributed by atoms with Crippen LogP contribution in [0.1, 0.15) is 29.8 Å². The van der Waals surface area contributed by atoms with E-state index in [1.54, 1.807) is 16.7 Å². The third-order valence-electron chi connectivity index (χ3n) is 5.40. The van der Waals surface area contributed by atoms with E-state index in [1.165, 1.54) is 11.1 Å². The van der Waals surface area contributed by atoms with Crippen molar-refractivity contribution < 1.29 is 5.11 Å². The molecule has 0 spiro atoms. The Bertz CT molecular complexity index is 988. The second-order valence-electron chi connectivity index (χ2n) is 6.56. The molecule has 2 aromatic heterocycles. The van der Waals surface area contributed by atoms with Crippen molar-refractivity contribution in [3.05, 3.63) is 76.6 Å². The molecule has 3 atom stereocenters. The van der Waals surface area contributed by atoms with Crippen LogP contribution in [0.15, 0.2) is 59.8 Å². The molecule has 5 heteroatoms. The minimum Gasteiger partial charge on any atom is -0.386 e. The highest BCUT2D eigenvalue weighted by atomic mass is 16.3. The summed E-state index contributed by atoms with van der Waals surface area (Å²) in [5.41, 5.74) is 4.18. The van der Waals surface area contributed by atoms with E-state index in [0.717, 1.165) is 12.1 Å². The van der Waals surface area contributed by atoms with Crippen molar-refractivity contribution >= 4 is 0 Å². The standard InChI is InChI=1S/C19H17N3O2/c23-17-7-3-6-15-19(24)14(8-9-21(15)17)18-13-5-2-1-4-12(13)16-10-20-11-22(16)18/h1-7,10-11,14,18-19,24H,8-9H2/t14-,18-,19-/m0/s1. The number of hydrogen-bond acceptors (Lipinski definition) is 3. The number of benzene rings is 1. The molecule has 24 heavy (non-hydrogen) atoms. The summed E-state index contributed by atoms with van der Waals surface area (Å²) < 4.78 is 3.85. The lowest BCUT2D eigenvalue weighted by atomic mass is 9.82. The predicted octanol–water partition coefficient (Wildman–Crippen LogP) is 2.37. The molecule has 5 nitrogen and oxygen atoms in total. The molecule has 2 aliphatic rings. The van der Waals surface area contributed by atoms with Crippen LogP contribution < -0.4 is 5.56 Å². The maximum atomic E-state index is 12.0. The molecule has 0 bridgehead atoms. The Balaban J connectivity index is 1.64. The number of pyridine rings is 1. The third kappa shape index (κ3) is 1.73. The van der Waals surface area contributed by atoms with E-state index in [2.05, 4.69) is 21.7 Å². The van der Waals surface area contributed by atoms with Crippen LogP contribution in [0.2, 0.25) is 0 Å². The molecule has 0 amide bonds. The minimum absolute atomic E-state index is 0.0170. The summed E-state index contributed by atoms with van der Waals surface area (Å²) in [5, 5.41) is 11.0. The molecule has 1 aromatic carbocycles. The van der Waals surface area contributed by atoms with Crippen molar-refractivity contribution in [2.45, 2.75) is 25.1 Å². The Morgan fingerprint density at radius 1 is 1.12 bits per heavy atom. The lowest BCUT2D eigenvalue weighted by Crippen LogP contribution is -2.36. The Morgan fingerprint density at radius 3 is 2.92 bits per heavy atom. The molecule has 120 valence electrons. The minimum atomic E-state index is -0.668. The Kier molecular flexibility index (Phi) is 2.82. The number of aliphatic hydroxyl groups excluding tert-OH is 1. The van der Waals surface area contributed by atoms with Crippen LogP contribution in [0.5, 0.6) is 0 Å². The predicted molar refractivity (Wildman–Crippen MR) is 89.6 cm³/mol. The van der Waals surface area contributed by atoms with Crippen LogP contribution in [0.4, 0.5) is 0 Å². The fraction of sp³-hybridized carbons (Fsp3) is 0.263. The van der Waals surface area contributed by atoms with Gasteiger partial charge in [0.1, 0.15) is 0 Å². The van der Waals surface area contributed by atoms with E-state index in [0.29, 0.717) is 12.2 Å². The van der Waals surface area contributed by atoms with Crippen molar-refractivity contribution in [1.29, 1.82) is 0 Å². The molecule has 0 saturated heterocycles. The average molecular weight is 319 g/mol. The van der Waals surface area contributed by atoms with Gasteiger partial charge in [-0.05, 0) is 18.1 Å². The van der Waals surface area contributed by atoms with Crippen LogP contribution in [0.3, 0.4) is 0 Å². The van der Waals surface area contributed by atoms with E-state index in [-0.39, 0.29) is 17.5 Å². The quantitative estimate of drug-likeness (QED) is 0.749. The van der Waals surface area contributed by atoms with Gasteiger partial charge in [-0.25, -0.2) is 4.98 Å². The second kappa shape index (κ2) is 4.92. The van der Waals surface area contributed by atoms with Gasteiger partial charge in [0.15, 0.2) is 0 Å². The number of aromatic nitrogens is 3. The van der Waals surface area contributed by atoms with Gasteiger partial charge in [-0.1, -0.05) is 30.3 Å². The molecular weight excluding hydrogens is 302 g/mol. The van der Waals surface area contributed by atoms with Gasteiger partial charge in [0, 0.05) is 24.1 Å². The number of rotatable bonds is 1. The fourth-order valence-corrected chi connectivity index (χ4v) is 4.33. The lowest BCUT2D eigenvalue weighted by Gasteiger charge is -2.35. The maximum Gasteiger partial charge on any atom is 0.250 e. The monoisotopic (exact) mass is 319 g/mol. The third-order valence-corrected chi connectivity index (χ3v) is 5.40. The number of imidazole rings is 1. The highest BCUT2D eigenvalue weighted by Gasteiger charge is 2.40. The zero-order valence-electron chi connectivity index (χ0n) is 13.0. The fourth-order valence-electron chi connectivity index (χ4n) is 4.33. The number of hydrogen-bond donors (Lipinski definition) is 1. The van der Waals surface area contributed by atoms with Crippen LogP contribution in [-0.4, -0.2) is 19.2 Å². The van der Waals surface area contributed by atoms with Gasteiger partial charge in [-0.15, -0.1) is 0 Å². The molecule has 0 unspecified atom stereocenters. The topological polar surface area (TPSA) is 60.0 Å². The lowest BCUT2D eigenvalue weighted by molar-refractivity contribution is 0.0536. The van der Waals surface area contributed by atoms with E-state index in [1.807, 2.05) is 30.7 Å². The molecule has 0 fully saturated rings. The van der Waals surface area contributed by atoms with E-state index in [9.17, 15) is 9.90 Å². The Labute approximate surface area is 138 Å². The molecule has 1 N–H and O–H groups in total. The second-order valence-corrected chi connectivity index (χ2v) is 6.56. The summed E-state index contributed by atoms with van der Waals surface area (Å²) in [5.74, 6) is 0.0170. The van der Waals surface area contributed by atoms with Crippen molar-refractivity contribution in [3.63, 3.8) is 0 Å². The summed E-state index contributed by atoms with van der Waals surface area (Å²) in [4.78, 5) is 16.3. The van der Waals surface area contributed by atoms with Crippen LogP contribution in [-0.2, 0) is 6.54 Å². The SMILES string of the molecule is O=c1cccc2n1CC[C@@H]([C@@H]1c3ccccc3-c3cncn31)[C@@H]2O.